The largest absolute Gasteiger partial charge is 0.366 e. The van der Waals surface area contributed by atoms with Gasteiger partial charge in [-0.15, -0.1) is 12.4 Å². The number of nitrogens with one attached hydrogen (secondary N) is 1. The molecule has 0 saturated carbocycles. The van der Waals surface area contributed by atoms with Crippen LogP contribution < -0.4 is 16.8 Å². The minimum atomic E-state index is -0.977. The van der Waals surface area contributed by atoms with Gasteiger partial charge in [-0.2, -0.15) is 0 Å². The van der Waals surface area contributed by atoms with Gasteiger partial charge >= 0.3 is 0 Å². The SMILES string of the molecule is Cc1ccc(C(N)=O)cc1NC(=O)C(C)(C)N.Cl. The highest BCUT2D eigenvalue weighted by atomic mass is 35.5. The molecule has 1 aromatic rings. The van der Waals surface area contributed by atoms with Gasteiger partial charge in [-0.1, -0.05) is 6.07 Å². The van der Waals surface area contributed by atoms with Crippen molar-refractivity contribution < 1.29 is 9.59 Å². The molecule has 0 atom stereocenters. The van der Waals surface area contributed by atoms with Crippen molar-refractivity contribution in [1.82, 2.24) is 0 Å². The highest BCUT2D eigenvalue weighted by Crippen LogP contribution is 2.17. The van der Waals surface area contributed by atoms with E-state index in [-0.39, 0.29) is 18.3 Å². The lowest BCUT2D eigenvalue weighted by molar-refractivity contribution is -0.120. The molecule has 0 spiro atoms. The zero-order valence-electron chi connectivity index (χ0n) is 10.6. The maximum Gasteiger partial charge on any atom is 0.248 e. The minimum absolute atomic E-state index is 0. The van der Waals surface area contributed by atoms with Crippen LogP contribution in [0.2, 0.25) is 0 Å². The Morgan fingerprint density at radius 1 is 1.28 bits per heavy atom. The summed E-state index contributed by atoms with van der Waals surface area (Å²) in [6.45, 7) is 5.04. The van der Waals surface area contributed by atoms with Crippen LogP contribution in [0.3, 0.4) is 0 Å². The molecule has 0 aliphatic heterocycles. The van der Waals surface area contributed by atoms with Crippen LogP contribution in [0.25, 0.3) is 0 Å². The number of halogens is 1. The molecule has 0 saturated heterocycles. The Bertz CT molecular complexity index is 467. The fourth-order valence-electron chi connectivity index (χ4n) is 1.19. The lowest BCUT2D eigenvalue weighted by Gasteiger charge is -2.19. The number of hydrogen-bond acceptors (Lipinski definition) is 3. The summed E-state index contributed by atoms with van der Waals surface area (Å²) in [5.74, 6) is -0.852. The Balaban J connectivity index is 0.00000289. The topological polar surface area (TPSA) is 98.2 Å². The quantitative estimate of drug-likeness (QED) is 0.770. The molecule has 5 N–H and O–H groups in total. The second kappa shape index (κ2) is 5.84. The summed E-state index contributed by atoms with van der Waals surface area (Å²) in [6, 6.07) is 4.88. The van der Waals surface area contributed by atoms with Crippen molar-refractivity contribution in [3.63, 3.8) is 0 Å². The predicted molar refractivity (Wildman–Crippen MR) is 73.8 cm³/mol. The highest BCUT2D eigenvalue weighted by molar-refractivity contribution is 6.00. The molecule has 0 heterocycles. The first-order valence-corrected chi connectivity index (χ1v) is 5.22. The molecule has 6 heteroatoms. The first-order valence-electron chi connectivity index (χ1n) is 5.22. The third-order valence-electron chi connectivity index (χ3n) is 2.36. The monoisotopic (exact) mass is 271 g/mol. The lowest BCUT2D eigenvalue weighted by Crippen LogP contribution is -2.45. The van der Waals surface area contributed by atoms with Crippen LogP contribution in [-0.4, -0.2) is 17.4 Å². The molecule has 0 fully saturated rings. The van der Waals surface area contributed by atoms with E-state index in [4.69, 9.17) is 11.5 Å². The first kappa shape index (κ1) is 16.4. The average molecular weight is 272 g/mol. The van der Waals surface area contributed by atoms with Gasteiger partial charge in [0.05, 0.1) is 5.54 Å². The van der Waals surface area contributed by atoms with E-state index < -0.39 is 11.4 Å². The van der Waals surface area contributed by atoms with E-state index in [0.717, 1.165) is 5.56 Å². The molecule has 5 nitrogen and oxygen atoms in total. The summed E-state index contributed by atoms with van der Waals surface area (Å²) >= 11 is 0. The third-order valence-corrected chi connectivity index (χ3v) is 2.36. The zero-order chi connectivity index (χ0) is 13.2. The molecular formula is C12H18ClN3O2. The number of amides is 2. The number of nitrogens with two attached hydrogens (primary N) is 2. The Kier molecular flexibility index (Phi) is 5.32. The van der Waals surface area contributed by atoms with Gasteiger partial charge in [0.2, 0.25) is 11.8 Å². The van der Waals surface area contributed by atoms with Gasteiger partial charge in [-0.3, -0.25) is 9.59 Å². The fraction of sp³-hybridized carbons (Fsp3) is 0.333. The predicted octanol–water partition coefficient (Wildman–Crippen LogP) is 1.19. The molecule has 0 aliphatic rings. The van der Waals surface area contributed by atoms with E-state index in [1.54, 1.807) is 32.0 Å². The molecule has 100 valence electrons. The summed E-state index contributed by atoms with van der Waals surface area (Å²) in [6.07, 6.45) is 0. The minimum Gasteiger partial charge on any atom is -0.366 e. The van der Waals surface area contributed by atoms with Crippen molar-refractivity contribution in [2.45, 2.75) is 26.3 Å². The van der Waals surface area contributed by atoms with Crippen LogP contribution in [0.5, 0.6) is 0 Å². The number of carbonyl (C=O) groups is 2. The van der Waals surface area contributed by atoms with Gasteiger partial charge in [0.15, 0.2) is 0 Å². The summed E-state index contributed by atoms with van der Waals surface area (Å²) < 4.78 is 0. The molecular weight excluding hydrogens is 254 g/mol. The standard InChI is InChI=1S/C12H17N3O2.ClH/c1-7-4-5-8(10(13)16)6-9(7)15-11(17)12(2,3)14;/h4-6H,14H2,1-3H3,(H2,13,16)(H,15,17);1H. The van der Waals surface area contributed by atoms with E-state index in [1.807, 2.05) is 6.92 Å². The smallest absolute Gasteiger partial charge is 0.248 e. The van der Waals surface area contributed by atoms with Crippen LogP contribution in [0.15, 0.2) is 18.2 Å². The Hall–Kier alpha value is -1.59. The van der Waals surface area contributed by atoms with Crippen molar-refractivity contribution >= 4 is 29.9 Å². The lowest BCUT2D eigenvalue weighted by atomic mass is 10.0. The molecule has 0 aliphatic carbocycles. The van der Waals surface area contributed by atoms with Gasteiger partial charge in [0.25, 0.3) is 0 Å². The molecule has 0 aromatic heterocycles. The van der Waals surface area contributed by atoms with Crippen molar-refractivity contribution in [2.75, 3.05) is 5.32 Å². The Morgan fingerprint density at radius 3 is 2.28 bits per heavy atom. The summed E-state index contributed by atoms with van der Waals surface area (Å²) in [4.78, 5) is 22.7. The highest BCUT2D eigenvalue weighted by Gasteiger charge is 2.22. The Morgan fingerprint density at radius 2 is 1.83 bits per heavy atom. The molecule has 18 heavy (non-hydrogen) atoms. The van der Waals surface area contributed by atoms with Crippen molar-refractivity contribution in [3.8, 4) is 0 Å². The fourth-order valence-corrected chi connectivity index (χ4v) is 1.19. The van der Waals surface area contributed by atoms with Crippen LogP contribution >= 0.6 is 12.4 Å². The van der Waals surface area contributed by atoms with Crippen LogP contribution in [0.4, 0.5) is 5.69 Å². The number of benzene rings is 1. The number of primary amides is 1. The number of aryl methyl sites for hydroxylation is 1. The summed E-state index contributed by atoms with van der Waals surface area (Å²) in [5, 5.41) is 2.67. The number of rotatable bonds is 3. The maximum atomic E-state index is 11.7. The second-order valence-electron chi connectivity index (χ2n) is 4.57. The van der Waals surface area contributed by atoms with Crippen LogP contribution in [-0.2, 0) is 4.79 Å². The molecule has 0 bridgehead atoms. The molecule has 2 amide bonds. The van der Waals surface area contributed by atoms with Gasteiger partial charge < -0.3 is 16.8 Å². The van der Waals surface area contributed by atoms with E-state index in [2.05, 4.69) is 5.32 Å². The molecule has 1 rings (SSSR count). The Labute approximate surface area is 112 Å². The number of hydrogen-bond donors (Lipinski definition) is 3. The van der Waals surface area contributed by atoms with Crippen LogP contribution in [0.1, 0.15) is 29.8 Å². The van der Waals surface area contributed by atoms with Gasteiger partial charge in [-0.05, 0) is 38.5 Å². The van der Waals surface area contributed by atoms with E-state index in [9.17, 15) is 9.59 Å². The average Bonchev–Trinajstić information content (AvgIpc) is 2.19. The van der Waals surface area contributed by atoms with E-state index >= 15 is 0 Å². The first-order chi connectivity index (χ1) is 7.71. The zero-order valence-corrected chi connectivity index (χ0v) is 11.4. The van der Waals surface area contributed by atoms with Gasteiger partial charge in [0, 0.05) is 11.3 Å². The van der Waals surface area contributed by atoms with Crippen molar-refractivity contribution in [1.29, 1.82) is 0 Å². The molecule has 1 aromatic carbocycles. The molecule has 0 unspecified atom stereocenters. The van der Waals surface area contributed by atoms with Crippen molar-refractivity contribution in [2.24, 2.45) is 11.5 Å². The summed E-state index contributed by atoms with van der Waals surface area (Å²) in [5.41, 5.74) is 11.6. The third kappa shape index (κ3) is 4.01. The molecule has 0 radical (unpaired) electrons. The van der Waals surface area contributed by atoms with E-state index in [0.29, 0.717) is 11.3 Å². The van der Waals surface area contributed by atoms with E-state index in [1.165, 1.54) is 0 Å². The normalized spacial score (nSPS) is 10.4. The second-order valence-corrected chi connectivity index (χ2v) is 4.57. The van der Waals surface area contributed by atoms with Crippen molar-refractivity contribution in [3.05, 3.63) is 29.3 Å². The van der Waals surface area contributed by atoms with Gasteiger partial charge in [0.1, 0.15) is 0 Å². The van der Waals surface area contributed by atoms with Gasteiger partial charge in [-0.25, -0.2) is 0 Å². The van der Waals surface area contributed by atoms with Crippen LogP contribution in [0, 0.1) is 6.92 Å². The summed E-state index contributed by atoms with van der Waals surface area (Å²) in [7, 11) is 0. The maximum absolute atomic E-state index is 11.7. The number of carbonyl (C=O) groups excluding carboxylic acids is 2. The number of anilines is 1.